The van der Waals surface area contributed by atoms with Gasteiger partial charge in [-0.1, -0.05) is 72.8 Å². The van der Waals surface area contributed by atoms with Gasteiger partial charge in [-0.15, -0.1) is 4.67 Å². The Balaban J connectivity index is 1.37. The zero-order valence-electron chi connectivity index (χ0n) is 42.7. The van der Waals surface area contributed by atoms with Crippen LogP contribution in [-0.2, 0) is 38.7 Å². The van der Waals surface area contributed by atoms with Crippen LogP contribution in [0.15, 0.2) is 122 Å². The molecule has 2 N–H and O–H groups in total. The van der Waals surface area contributed by atoms with E-state index in [9.17, 15) is 19.7 Å². The number of para-hydroxylation sites is 1. The monoisotopic (exact) mass is 1020 g/mol. The number of amides is 1. The van der Waals surface area contributed by atoms with Crippen LogP contribution >= 0.6 is 7.87 Å². The molecule has 73 heavy (non-hydrogen) atoms. The third kappa shape index (κ3) is 12.5. The van der Waals surface area contributed by atoms with Gasteiger partial charge in [-0.05, 0) is 102 Å². The van der Waals surface area contributed by atoms with Gasteiger partial charge in [-0.25, -0.2) is 19.8 Å². The minimum Gasteiger partial charge on any atom is -0.497 e. The SMILES string of the molecule is COc1ccc(C(OC[C@H]2O[C@@H](n3cnc4c(NC(=O)COc5ccccc5)ncnc43)[C@H](OCOC(=O)C(C)(C)C)[C@@H]2O[P+](O)(CCC#N)N(C(C)C)C(C)C)(c2ccccc2)c2ccc(OC)cc2)cc1. The molecule has 386 valence electrons. The molecule has 7 rings (SSSR count). The van der Waals surface area contributed by atoms with Crippen LogP contribution in [0.25, 0.3) is 11.2 Å². The maximum Gasteiger partial charge on any atom is 0.347 e. The predicted octanol–water partition coefficient (Wildman–Crippen LogP) is 8.87. The summed E-state index contributed by atoms with van der Waals surface area (Å²) in [6, 6.07) is 35.6. The third-order valence-corrected chi connectivity index (χ3v) is 15.2. The molecule has 0 aliphatic carbocycles. The molecule has 1 unspecified atom stereocenters. The molecule has 4 aromatic carbocycles. The van der Waals surface area contributed by atoms with Crippen LogP contribution in [0.3, 0.4) is 0 Å². The Morgan fingerprint density at radius 1 is 0.822 bits per heavy atom. The highest BCUT2D eigenvalue weighted by Gasteiger charge is 2.59. The first-order valence-corrected chi connectivity index (χ1v) is 25.9. The molecule has 1 amide bonds. The lowest BCUT2D eigenvalue weighted by Gasteiger charge is -2.39. The van der Waals surface area contributed by atoms with Gasteiger partial charge in [-0.2, -0.15) is 9.79 Å². The van der Waals surface area contributed by atoms with Crippen LogP contribution in [0.4, 0.5) is 5.82 Å². The van der Waals surface area contributed by atoms with E-state index < -0.39 is 62.1 Å². The fourth-order valence-corrected chi connectivity index (χ4v) is 11.9. The summed E-state index contributed by atoms with van der Waals surface area (Å²) in [4.78, 5) is 53.2. The van der Waals surface area contributed by atoms with Crippen LogP contribution in [0.5, 0.6) is 17.2 Å². The second-order valence-electron chi connectivity index (χ2n) is 18.9. The Labute approximate surface area is 427 Å². The second kappa shape index (κ2) is 24.0. The molecule has 1 fully saturated rings. The first-order chi connectivity index (χ1) is 35.0. The highest BCUT2D eigenvalue weighted by Crippen LogP contribution is 2.64. The molecule has 18 nitrogen and oxygen atoms in total. The maximum absolute atomic E-state index is 13.3. The summed E-state index contributed by atoms with van der Waals surface area (Å²) in [5, 5.41) is 12.8. The van der Waals surface area contributed by atoms with Crippen molar-refractivity contribution in [1.29, 1.82) is 5.26 Å². The molecular weight excluding hydrogens is 954 g/mol. The molecule has 1 saturated heterocycles. The van der Waals surface area contributed by atoms with Gasteiger partial charge in [0.05, 0.1) is 45.1 Å². The van der Waals surface area contributed by atoms with Gasteiger partial charge in [0.2, 0.25) is 0 Å². The minimum absolute atomic E-state index is 0.00966. The molecule has 6 aromatic rings. The number of carbonyl (C=O) groups excluding carboxylic acids is 2. The standard InChI is InChI=1S/C54H64N7O11P/c1-36(2)61(37(3)4)73(64,30-16-29-55)72-47-44(31-70-54(38-17-12-10-13-18-38,39-21-25-41(65-8)26-22-39)40-23-27-42(66-9)28-24-40)71-51(48(47)68-35-69-52(63)53(5,6)7)60-34-58-46-49(56-33-57-50(46)60)59-45(62)32-67-43-19-14-11-15-20-43/h10-15,17-28,33-34,36-37,44,47-48,51,64H,16,30-32,35H2,1-9H3/p+1/t44-,47-,48-,51-,73?/m1/s1. The van der Waals surface area contributed by atoms with Gasteiger partial charge in [-0.3, -0.25) is 14.2 Å². The number of benzene rings is 4. The summed E-state index contributed by atoms with van der Waals surface area (Å²) in [6.45, 7) is 12.0. The average Bonchev–Trinajstić information content (AvgIpc) is 3.96. The number of carbonyl (C=O) groups is 2. The summed E-state index contributed by atoms with van der Waals surface area (Å²) in [5.74, 6) is 0.905. The molecule has 0 saturated carbocycles. The summed E-state index contributed by atoms with van der Waals surface area (Å²) < 4.78 is 54.4. The van der Waals surface area contributed by atoms with Gasteiger partial charge in [0.15, 0.2) is 42.7 Å². The quantitative estimate of drug-likeness (QED) is 0.0266. The number of nitrogens with zero attached hydrogens (tertiary/aromatic N) is 6. The molecule has 0 bridgehead atoms. The van der Waals surface area contributed by atoms with Crippen LogP contribution in [0.2, 0.25) is 0 Å². The number of methoxy groups -OCH3 is 2. The van der Waals surface area contributed by atoms with Crippen LogP contribution in [0, 0.1) is 16.7 Å². The number of ether oxygens (including phenoxy) is 7. The van der Waals surface area contributed by atoms with E-state index in [1.54, 1.807) is 63.8 Å². The second-order valence-corrected chi connectivity index (χ2v) is 21.4. The van der Waals surface area contributed by atoms with Crippen molar-refractivity contribution in [3.05, 3.63) is 139 Å². The van der Waals surface area contributed by atoms with Gasteiger partial charge in [0.1, 0.15) is 47.5 Å². The molecular formula is C54H65N7O11P+. The van der Waals surface area contributed by atoms with E-state index in [0.29, 0.717) is 17.2 Å². The molecule has 1 aliphatic heterocycles. The van der Waals surface area contributed by atoms with Crippen LogP contribution in [0.1, 0.15) is 77.8 Å². The van der Waals surface area contributed by atoms with Gasteiger partial charge < -0.3 is 38.5 Å². The van der Waals surface area contributed by atoms with Crippen molar-refractivity contribution in [2.75, 3.05) is 45.7 Å². The summed E-state index contributed by atoms with van der Waals surface area (Å²) in [5.41, 5.74) is 0.574. The Morgan fingerprint density at radius 3 is 1.97 bits per heavy atom. The van der Waals surface area contributed by atoms with E-state index >= 15 is 0 Å². The third-order valence-electron chi connectivity index (χ3n) is 12.2. The Kier molecular flexibility index (Phi) is 17.8. The fourth-order valence-electron chi connectivity index (χ4n) is 8.93. The number of hydrogen-bond donors (Lipinski definition) is 2. The summed E-state index contributed by atoms with van der Waals surface area (Å²) in [6.07, 6.45) is -1.83. The normalized spacial score (nSPS) is 17.9. The molecule has 2 aromatic heterocycles. The number of aromatic nitrogens is 4. The number of nitrogens with one attached hydrogen (secondary N) is 1. The number of imidazole rings is 1. The number of esters is 1. The van der Waals surface area contributed by atoms with E-state index in [0.717, 1.165) is 16.7 Å². The minimum atomic E-state index is -3.72. The zero-order chi connectivity index (χ0) is 52.3. The average molecular weight is 1020 g/mol. The Bertz CT molecular complexity index is 2730. The molecule has 0 radical (unpaired) electrons. The number of hydrogen-bond acceptors (Lipinski definition) is 16. The lowest BCUT2D eigenvalue weighted by atomic mass is 9.80. The maximum atomic E-state index is 13.3. The van der Waals surface area contributed by atoms with Crippen molar-refractivity contribution in [2.24, 2.45) is 5.41 Å². The van der Waals surface area contributed by atoms with Crippen LogP contribution in [-0.4, -0.2) is 112 Å². The fraction of sp³-hybridized carbons (Fsp3) is 0.407. The van der Waals surface area contributed by atoms with Crippen molar-refractivity contribution in [1.82, 2.24) is 24.2 Å². The number of anilines is 1. The largest absolute Gasteiger partial charge is 0.497 e. The number of fused-ring (bicyclic) bond motifs is 1. The van der Waals surface area contributed by atoms with E-state index in [2.05, 4.69) is 26.3 Å². The molecule has 3 heterocycles. The van der Waals surface area contributed by atoms with E-state index in [1.165, 1.54) is 12.7 Å². The zero-order valence-corrected chi connectivity index (χ0v) is 43.6. The van der Waals surface area contributed by atoms with E-state index in [-0.39, 0.29) is 54.9 Å². The first-order valence-electron chi connectivity index (χ1n) is 24.1. The lowest BCUT2D eigenvalue weighted by molar-refractivity contribution is -0.178. The molecule has 1 aliphatic rings. The topological polar surface area (TPSA) is 211 Å². The van der Waals surface area contributed by atoms with Gasteiger partial charge in [0.25, 0.3) is 5.91 Å². The van der Waals surface area contributed by atoms with Crippen molar-refractivity contribution in [2.45, 2.75) is 97.1 Å². The highest BCUT2D eigenvalue weighted by molar-refractivity contribution is 7.63. The summed E-state index contributed by atoms with van der Waals surface area (Å²) >= 11 is 0. The highest BCUT2D eigenvalue weighted by atomic mass is 31.2. The molecule has 5 atom stereocenters. The van der Waals surface area contributed by atoms with Crippen LogP contribution < -0.4 is 19.5 Å². The van der Waals surface area contributed by atoms with E-state index in [4.69, 9.17) is 37.7 Å². The van der Waals surface area contributed by atoms with Gasteiger partial charge in [0, 0.05) is 12.1 Å². The van der Waals surface area contributed by atoms with Crippen molar-refractivity contribution in [3.63, 3.8) is 0 Å². The molecule has 19 heteroatoms. The number of nitriles is 1. The lowest BCUT2D eigenvalue weighted by Crippen LogP contribution is -2.45. The van der Waals surface area contributed by atoms with E-state index in [1.807, 2.05) is 117 Å². The predicted molar refractivity (Wildman–Crippen MR) is 275 cm³/mol. The first kappa shape index (κ1) is 54.2. The smallest absolute Gasteiger partial charge is 0.347 e. The summed E-state index contributed by atoms with van der Waals surface area (Å²) in [7, 11) is -0.517. The van der Waals surface area contributed by atoms with Gasteiger partial charge >= 0.3 is 13.8 Å². The van der Waals surface area contributed by atoms with Crippen molar-refractivity contribution < 1.29 is 52.2 Å². The number of rotatable bonds is 23. The molecule has 0 spiro atoms. The van der Waals surface area contributed by atoms with Crippen molar-refractivity contribution >= 4 is 36.7 Å². The Morgan fingerprint density at radius 2 is 1.41 bits per heavy atom. The Hall–Kier alpha value is -6.55. The van der Waals surface area contributed by atoms with Crippen molar-refractivity contribution in [3.8, 4) is 23.3 Å².